The van der Waals surface area contributed by atoms with Gasteiger partial charge in [-0.3, -0.25) is 24.0 Å². The minimum absolute atomic E-state index is 0.00587. The number of aliphatic carboxylic acids is 1. The van der Waals surface area contributed by atoms with Gasteiger partial charge in [-0.25, -0.2) is 4.79 Å². The maximum atomic E-state index is 12.3. The van der Waals surface area contributed by atoms with E-state index in [0.717, 1.165) is 44.9 Å². The van der Waals surface area contributed by atoms with Crippen molar-refractivity contribution in [1.82, 2.24) is 26.6 Å². The Labute approximate surface area is 368 Å². The first-order valence-electron chi connectivity index (χ1n) is 23.4. The normalized spacial score (nSPS) is 11.8. The molecule has 2 unspecified atom stereocenters. The predicted octanol–water partition coefficient (Wildman–Crippen LogP) is 5.39. The number of likely N-dealkylation sites (N-methyl/N-ethyl adjacent to an activating group) is 1. The van der Waals surface area contributed by atoms with Crippen LogP contribution in [0.3, 0.4) is 0 Å². The fourth-order valence-corrected chi connectivity index (χ4v) is 6.19. The van der Waals surface area contributed by atoms with Gasteiger partial charge in [-0.05, 0) is 46.1 Å². The van der Waals surface area contributed by atoms with E-state index in [1.165, 1.54) is 70.6 Å². The van der Waals surface area contributed by atoms with Crippen molar-refractivity contribution in [3.05, 3.63) is 0 Å². The Bertz CT molecular complexity index is 1100. The zero-order chi connectivity index (χ0) is 45.6. The van der Waals surface area contributed by atoms with Crippen LogP contribution in [0.2, 0.25) is 0 Å². The SMILES string of the molecule is CC.CCCCCCCCCCCCCCCCCC(=O)NC(CCC(=O)NCCOCCOCC(=O)NCCOCCOCC(=O)NCCCCC(NC)C(C)=O)C(=O)O. The average Bonchev–Trinajstić information content (AvgIpc) is 3.24. The Kier molecular flexibility index (Phi) is 45.5. The van der Waals surface area contributed by atoms with Crippen LogP contribution in [0, 0.1) is 0 Å². The van der Waals surface area contributed by atoms with Gasteiger partial charge in [0.2, 0.25) is 23.6 Å². The molecular formula is C45H87N5O11. The number of nitrogens with one attached hydrogen (secondary N) is 5. The van der Waals surface area contributed by atoms with Crippen LogP contribution in [0.25, 0.3) is 0 Å². The molecule has 0 saturated carbocycles. The predicted molar refractivity (Wildman–Crippen MR) is 239 cm³/mol. The molecule has 61 heavy (non-hydrogen) atoms. The van der Waals surface area contributed by atoms with Crippen LogP contribution < -0.4 is 26.6 Å². The molecule has 0 heterocycles. The summed E-state index contributed by atoms with van der Waals surface area (Å²) < 4.78 is 21.4. The third-order valence-corrected chi connectivity index (χ3v) is 9.73. The molecule has 0 spiro atoms. The largest absolute Gasteiger partial charge is 0.480 e. The molecule has 0 aliphatic carbocycles. The van der Waals surface area contributed by atoms with Gasteiger partial charge in [-0.1, -0.05) is 111 Å². The summed E-state index contributed by atoms with van der Waals surface area (Å²) in [5.74, 6) is -2.22. The van der Waals surface area contributed by atoms with Gasteiger partial charge >= 0.3 is 5.97 Å². The lowest BCUT2D eigenvalue weighted by atomic mass is 10.0. The number of carboxylic acid groups (broad SMARTS) is 1. The van der Waals surface area contributed by atoms with E-state index in [4.69, 9.17) is 18.9 Å². The highest BCUT2D eigenvalue weighted by Crippen LogP contribution is 2.14. The summed E-state index contributed by atoms with van der Waals surface area (Å²) in [4.78, 5) is 71.3. The highest BCUT2D eigenvalue weighted by Gasteiger charge is 2.21. The molecule has 0 rings (SSSR count). The maximum absolute atomic E-state index is 12.3. The van der Waals surface area contributed by atoms with Gasteiger partial charge in [0.05, 0.1) is 45.7 Å². The molecular weight excluding hydrogens is 787 g/mol. The van der Waals surface area contributed by atoms with Gasteiger partial charge < -0.3 is 50.6 Å². The highest BCUT2D eigenvalue weighted by molar-refractivity contribution is 5.84. The molecule has 4 amide bonds. The Morgan fingerprint density at radius 1 is 0.475 bits per heavy atom. The fourth-order valence-electron chi connectivity index (χ4n) is 6.19. The number of rotatable bonds is 44. The Balaban J connectivity index is 0. The molecule has 0 radical (unpaired) electrons. The first-order valence-corrected chi connectivity index (χ1v) is 23.4. The van der Waals surface area contributed by atoms with Crippen molar-refractivity contribution in [1.29, 1.82) is 0 Å². The van der Waals surface area contributed by atoms with Crippen molar-refractivity contribution in [3.8, 4) is 0 Å². The molecule has 0 saturated heterocycles. The third kappa shape index (κ3) is 43.3. The molecule has 16 heteroatoms. The average molecular weight is 874 g/mol. The van der Waals surface area contributed by atoms with Crippen LogP contribution in [0.4, 0.5) is 0 Å². The number of carboxylic acids is 1. The number of hydrogen-bond donors (Lipinski definition) is 6. The summed E-state index contributed by atoms with van der Waals surface area (Å²) in [7, 11) is 1.76. The van der Waals surface area contributed by atoms with Gasteiger partial charge in [0.25, 0.3) is 0 Å². The molecule has 16 nitrogen and oxygen atoms in total. The monoisotopic (exact) mass is 874 g/mol. The molecule has 0 aromatic carbocycles. The highest BCUT2D eigenvalue weighted by atomic mass is 16.5. The smallest absolute Gasteiger partial charge is 0.326 e. The molecule has 0 aliphatic rings. The number of Topliss-reactive ketones (excluding diaryl/α,β-unsaturated/α-hetero) is 1. The summed E-state index contributed by atoms with van der Waals surface area (Å²) in [5, 5.41) is 23.2. The number of amides is 4. The molecule has 0 aliphatic heterocycles. The van der Waals surface area contributed by atoms with Gasteiger partial charge in [-0.15, -0.1) is 0 Å². The Hall–Kier alpha value is -3.18. The summed E-state index contributed by atoms with van der Waals surface area (Å²) in [6, 6.07) is -1.26. The second kappa shape index (κ2) is 46.3. The molecule has 0 fully saturated rings. The number of carbonyl (C=O) groups is 6. The first kappa shape index (κ1) is 59.9. The molecule has 358 valence electrons. The number of hydrogen-bond acceptors (Lipinski definition) is 11. The molecule has 6 N–H and O–H groups in total. The second-order valence-corrected chi connectivity index (χ2v) is 15.0. The lowest BCUT2D eigenvalue weighted by molar-refractivity contribution is -0.142. The molecule has 0 bridgehead atoms. The third-order valence-electron chi connectivity index (χ3n) is 9.73. The van der Waals surface area contributed by atoms with Crippen molar-refractivity contribution < 1.29 is 52.8 Å². The van der Waals surface area contributed by atoms with Crippen molar-refractivity contribution in [2.75, 3.05) is 79.5 Å². The van der Waals surface area contributed by atoms with Gasteiger partial charge in [0.1, 0.15) is 25.0 Å². The van der Waals surface area contributed by atoms with Crippen molar-refractivity contribution >= 4 is 35.4 Å². The zero-order valence-electron chi connectivity index (χ0n) is 38.8. The minimum atomic E-state index is -1.16. The summed E-state index contributed by atoms with van der Waals surface area (Å²) in [5.41, 5.74) is 0. The zero-order valence-corrected chi connectivity index (χ0v) is 38.8. The number of ketones is 1. The van der Waals surface area contributed by atoms with Crippen molar-refractivity contribution in [2.24, 2.45) is 0 Å². The molecule has 0 aromatic heterocycles. The van der Waals surface area contributed by atoms with E-state index in [9.17, 15) is 33.9 Å². The first-order chi connectivity index (χ1) is 29.6. The van der Waals surface area contributed by atoms with Crippen LogP contribution in [0.15, 0.2) is 0 Å². The second-order valence-electron chi connectivity index (χ2n) is 15.0. The molecule has 2 atom stereocenters. The number of unbranched alkanes of at least 4 members (excludes halogenated alkanes) is 15. The van der Waals surface area contributed by atoms with Crippen LogP contribution in [0.1, 0.15) is 163 Å². The molecule has 0 aromatic rings. The number of carbonyl (C=O) groups excluding carboxylic acids is 5. The van der Waals surface area contributed by atoms with Crippen molar-refractivity contribution in [3.63, 3.8) is 0 Å². The van der Waals surface area contributed by atoms with E-state index >= 15 is 0 Å². The lowest BCUT2D eigenvalue weighted by Gasteiger charge is -2.14. The Morgan fingerprint density at radius 3 is 1.38 bits per heavy atom. The van der Waals surface area contributed by atoms with Crippen LogP contribution >= 0.6 is 0 Å². The minimum Gasteiger partial charge on any atom is -0.480 e. The van der Waals surface area contributed by atoms with E-state index in [0.29, 0.717) is 6.54 Å². The standard InChI is InChI=1S/C43H81N5O11.C2H6/c1-4-5-6-7-8-9-10-11-12-13-14-15-16-17-18-22-40(51)48-38(43(54)55)23-24-39(50)46-26-28-56-30-33-59-35-42(53)47-27-29-57-31-32-58-34-41(52)45-25-20-19-21-37(44-3)36(2)49;1-2/h37-38,44H,4-35H2,1-3H3,(H,45,52)(H,46,50)(H,47,53)(H,48,51)(H,54,55);1-2H3. The topological polar surface area (TPSA) is 220 Å². The lowest BCUT2D eigenvalue weighted by Crippen LogP contribution is -2.41. The summed E-state index contributed by atoms with van der Waals surface area (Å²) in [6.07, 6.45) is 21.1. The van der Waals surface area contributed by atoms with Crippen LogP contribution in [-0.4, -0.2) is 132 Å². The van der Waals surface area contributed by atoms with Gasteiger partial charge in [0.15, 0.2) is 0 Å². The van der Waals surface area contributed by atoms with Gasteiger partial charge in [-0.2, -0.15) is 0 Å². The van der Waals surface area contributed by atoms with E-state index in [2.05, 4.69) is 33.5 Å². The summed E-state index contributed by atoms with van der Waals surface area (Å²) in [6.45, 7) is 10.0. The van der Waals surface area contributed by atoms with E-state index < -0.39 is 12.0 Å². The Morgan fingerprint density at radius 2 is 0.918 bits per heavy atom. The fraction of sp³-hybridized carbons (Fsp3) is 0.867. The van der Waals surface area contributed by atoms with Crippen LogP contribution in [-0.2, 0) is 47.7 Å². The quantitative estimate of drug-likeness (QED) is 0.0425. The van der Waals surface area contributed by atoms with E-state index in [-0.39, 0.29) is 121 Å². The maximum Gasteiger partial charge on any atom is 0.326 e. The van der Waals surface area contributed by atoms with E-state index in [1.807, 2.05) is 13.8 Å². The van der Waals surface area contributed by atoms with E-state index in [1.54, 1.807) is 14.0 Å². The summed E-state index contributed by atoms with van der Waals surface area (Å²) >= 11 is 0. The van der Waals surface area contributed by atoms with Gasteiger partial charge in [0, 0.05) is 32.5 Å². The van der Waals surface area contributed by atoms with Crippen molar-refractivity contribution in [2.45, 2.75) is 175 Å². The number of ether oxygens (including phenoxy) is 4. The van der Waals surface area contributed by atoms with Crippen LogP contribution in [0.5, 0.6) is 0 Å².